The molecule has 146 valence electrons. The van der Waals surface area contributed by atoms with Crippen molar-refractivity contribution in [1.82, 2.24) is 0 Å². The molecule has 1 aliphatic heterocycles. The van der Waals surface area contributed by atoms with Gasteiger partial charge in [0.25, 0.3) is 0 Å². The Kier molecular flexibility index (Phi) is 5.61. The summed E-state index contributed by atoms with van der Waals surface area (Å²) in [6, 6.07) is 6.25. The number of carbonyl (C=O) groups is 1. The molecule has 1 aromatic carbocycles. The SMILES string of the molecule is C=CC[C@H]1C[C@]2([C@H](C)Cc3ccc(OC)c(N(C)C)c3)OCOC2=CC1=O. The van der Waals surface area contributed by atoms with Gasteiger partial charge in [0.1, 0.15) is 17.1 Å². The van der Waals surface area contributed by atoms with E-state index in [4.69, 9.17) is 14.2 Å². The molecule has 1 fully saturated rings. The Morgan fingerprint density at radius 1 is 1.44 bits per heavy atom. The Morgan fingerprint density at radius 3 is 2.89 bits per heavy atom. The highest BCUT2D eigenvalue weighted by Gasteiger charge is 2.51. The number of hydrogen-bond donors (Lipinski definition) is 0. The summed E-state index contributed by atoms with van der Waals surface area (Å²) in [7, 11) is 5.69. The highest BCUT2D eigenvalue weighted by Crippen LogP contribution is 2.46. The third-order valence-electron chi connectivity index (χ3n) is 5.69. The maximum Gasteiger partial charge on any atom is 0.189 e. The molecule has 1 saturated heterocycles. The molecule has 0 radical (unpaired) electrons. The standard InChI is InChI=1S/C22H29NO4/c1-6-7-17-13-22(21(12-19(17)24)26-14-27-22)15(2)10-16-8-9-20(25-5)18(11-16)23(3)4/h6,8-9,11-12,15,17H,1,7,10,13-14H2,2-5H3/t15-,17+,22-/m1/s1. The van der Waals surface area contributed by atoms with Gasteiger partial charge in [-0.3, -0.25) is 4.79 Å². The lowest BCUT2D eigenvalue weighted by molar-refractivity contribution is -0.123. The first-order chi connectivity index (χ1) is 12.9. The fraction of sp³-hybridized carbons (Fsp3) is 0.500. The van der Waals surface area contributed by atoms with Gasteiger partial charge in [0.05, 0.1) is 12.8 Å². The number of rotatable bonds is 7. The monoisotopic (exact) mass is 371 g/mol. The molecule has 1 aromatic rings. The van der Waals surface area contributed by atoms with E-state index in [1.165, 1.54) is 5.56 Å². The van der Waals surface area contributed by atoms with Crippen molar-refractivity contribution in [1.29, 1.82) is 0 Å². The maximum atomic E-state index is 12.4. The summed E-state index contributed by atoms with van der Waals surface area (Å²) in [4.78, 5) is 14.4. The van der Waals surface area contributed by atoms with E-state index in [9.17, 15) is 4.79 Å². The van der Waals surface area contributed by atoms with E-state index in [2.05, 4.69) is 25.6 Å². The molecule has 0 N–H and O–H groups in total. The summed E-state index contributed by atoms with van der Waals surface area (Å²) in [5, 5.41) is 0. The van der Waals surface area contributed by atoms with Crippen molar-refractivity contribution in [3.05, 3.63) is 48.3 Å². The van der Waals surface area contributed by atoms with Crippen molar-refractivity contribution in [3.8, 4) is 5.75 Å². The van der Waals surface area contributed by atoms with Crippen LogP contribution >= 0.6 is 0 Å². The predicted octanol–water partition coefficient (Wildman–Crippen LogP) is 3.73. The summed E-state index contributed by atoms with van der Waals surface area (Å²) < 4.78 is 17.3. The number of carbonyl (C=O) groups excluding carboxylic acids is 1. The minimum Gasteiger partial charge on any atom is -0.495 e. The third kappa shape index (κ3) is 3.61. The lowest BCUT2D eigenvalue weighted by Gasteiger charge is -2.38. The van der Waals surface area contributed by atoms with Crippen LogP contribution in [0.25, 0.3) is 0 Å². The number of ketones is 1. The minimum absolute atomic E-state index is 0.0939. The molecule has 1 aliphatic carbocycles. The number of anilines is 1. The van der Waals surface area contributed by atoms with Crippen LogP contribution in [0.3, 0.4) is 0 Å². The number of fused-ring (bicyclic) bond motifs is 1. The Labute approximate surface area is 161 Å². The van der Waals surface area contributed by atoms with Gasteiger partial charge in [0.2, 0.25) is 0 Å². The summed E-state index contributed by atoms with van der Waals surface area (Å²) in [6.45, 7) is 6.16. The molecule has 0 unspecified atom stereocenters. The normalized spacial score (nSPS) is 25.3. The molecule has 0 aromatic heterocycles. The highest BCUT2D eigenvalue weighted by molar-refractivity contribution is 5.93. The lowest BCUT2D eigenvalue weighted by Crippen LogP contribution is -2.44. The summed E-state index contributed by atoms with van der Waals surface area (Å²) in [5.41, 5.74) is 1.70. The van der Waals surface area contributed by atoms with Gasteiger partial charge in [0.15, 0.2) is 12.6 Å². The third-order valence-corrected chi connectivity index (χ3v) is 5.69. The Balaban J connectivity index is 1.87. The number of benzene rings is 1. The van der Waals surface area contributed by atoms with Gasteiger partial charge in [0, 0.05) is 26.1 Å². The van der Waals surface area contributed by atoms with Crippen LogP contribution in [0.5, 0.6) is 5.75 Å². The number of nitrogens with zero attached hydrogens (tertiary/aromatic N) is 1. The largest absolute Gasteiger partial charge is 0.495 e. The molecular weight excluding hydrogens is 342 g/mol. The zero-order valence-electron chi connectivity index (χ0n) is 16.7. The average Bonchev–Trinajstić information content (AvgIpc) is 3.06. The minimum atomic E-state index is -0.542. The van der Waals surface area contributed by atoms with Gasteiger partial charge in [-0.2, -0.15) is 0 Å². The number of methoxy groups -OCH3 is 1. The van der Waals surface area contributed by atoms with Gasteiger partial charge >= 0.3 is 0 Å². The first kappa shape index (κ1) is 19.5. The van der Waals surface area contributed by atoms with Crippen LogP contribution in [0.2, 0.25) is 0 Å². The zero-order chi connectivity index (χ0) is 19.6. The van der Waals surface area contributed by atoms with E-state index in [1.807, 2.05) is 31.1 Å². The van der Waals surface area contributed by atoms with E-state index < -0.39 is 5.60 Å². The average molecular weight is 371 g/mol. The van der Waals surface area contributed by atoms with Crippen LogP contribution in [0.15, 0.2) is 42.7 Å². The fourth-order valence-corrected chi connectivity index (χ4v) is 4.15. The van der Waals surface area contributed by atoms with Gasteiger partial charge < -0.3 is 19.1 Å². The highest BCUT2D eigenvalue weighted by atomic mass is 16.7. The molecule has 27 heavy (non-hydrogen) atoms. The lowest BCUT2D eigenvalue weighted by atomic mass is 9.71. The van der Waals surface area contributed by atoms with Crippen molar-refractivity contribution < 1.29 is 19.0 Å². The molecule has 3 atom stereocenters. The van der Waals surface area contributed by atoms with E-state index in [0.717, 1.165) is 17.9 Å². The maximum absolute atomic E-state index is 12.4. The quantitative estimate of drug-likeness (QED) is 0.684. The number of hydrogen-bond acceptors (Lipinski definition) is 5. The molecule has 3 rings (SSSR count). The van der Waals surface area contributed by atoms with E-state index in [0.29, 0.717) is 18.6 Å². The molecule has 0 bridgehead atoms. The smallest absolute Gasteiger partial charge is 0.189 e. The van der Waals surface area contributed by atoms with Gasteiger partial charge in [-0.05, 0) is 42.9 Å². The van der Waals surface area contributed by atoms with Crippen molar-refractivity contribution >= 4 is 11.5 Å². The number of ether oxygens (including phenoxy) is 3. The Bertz CT molecular complexity index is 755. The molecule has 5 heteroatoms. The van der Waals surface area contributed by atoms with Crippen LogP contribution in [-0.2, 0) is 20.7 Å². The van der Waals surface area contributed by atoms with Crippen LogP contribution in [0, 0.1) is 11.8 Å². The van der Waals surface area contributed by atoms with Gasteiger partial charge in [-0.1, -0.05) is 19.1 Å². The molecule has 5 nitrogen and oxygen atoms in total. The van der Waals surface area contributed by atoms with Crippen LogP contribution in [-0.4, -0.2) is 39.4 Å². The van der Waals surface area contributed by atoms with Crippen LogP contribution in [0.4, 0.5) is 5.69 Å². The first-order valence-corrected chi connectivity index (χ1v) is 9.39. The van der Waals surface area contributed by atoms with Crippen molar-refractivity contribution in [2.24, 2.45) is 11.8 Å². The van der Waals surface area contributed by atoms with E-state index >= 15 is 0 Å². The molecule has 1 heterocycles. The second-order valence-electron chi connectivity index (χ2n) is 7.64. The fourth-order valence-electron chi connectivity index (χ4n) is 4.15. The first-order valence-electron chi connectivity index (χ1n) is 9.39. The molecule has 0 amide bonds. The van der Waals surface area contributed by atoms with Crippen molar-refractivity contribution in [2.75, 3.05) is 32.9 Å². The number of allylic oxidation sites excluding steroid dienone is 2. The van der Waals surface area contributed by atoms with E-state index in [1.54, 1.807) is 13.2 Å². The Hall–Kier alpha value is -2.27. The summed E-state index contributed by atoms with van der Waals surface area (Å²) >= 11 is 0. The molecule has 2 aliphatic rings. The van der Waals surface area contributed by atoms with Crippen LogP contribution in [0.1, 0.15) is 25.3 Å². The molecular formula is C22H29NO4. The molecule has 0 spiro atoms. The second kappa shape index (κ2) is 7.77. The Morgan fingerprint density at radius 2 is 2.22 bits per heavy atom. The van der Waals surface area contributed by atoms with Crippen molar-refractivity contribution in [3.63, 3.8) is 0 Å². The summed E-state index contributed by atoms with van der Waals surface area (Å²) in [6.07, 6.45) is 5.57. The topological polar surface area (TPSA) is 48.0 Å². The van der Waals surface area contributed by atoms with Gasteiger partial charge in [-0.15, -0.1) is 6.58 Å². The summed E-state index contributed by atoms with van der Waals surface area (Å²) in [5.74, 6) is 1.71. The van der Waals surface area contributed by atoms with Crippen LogP contribution < -0.4 is 9.64 Å². The van der Waals surface area contributed by atoms with Gasteiger partial charge in [-0.25, -0.2) is 0 Å². The predicted molar refractivity (Wildman–Crippen MR) is 106 cm³/mol. The zero-order valence-corrected chi connectivity index (χ0v) is 16.7. The second-order valence-corrected chi connectivity index (χ2v) is 7.64. The van der Waals surface area contributed by atoms with Crippen molar-refractivity contribution in [2.45, 2.75) is 31.8 Å². The van der Waals surface area contributed by atoms with E-state index in [-0.39, 0.29) is 24.4 Å². The molecule has 0 saturated carbocycles.